The van der Waals surface area contributed by atoms with E-state index in [0.29, 0.717) is 0 Å². The minimum atomic E-state index is -0.291. The number of esters is 1. The number of methoxy groups -OCH3 is 1. The van der Waals surface area contributed by atoms with Gasteiger partial charge in [0.2, 0.25) is 0 Å². The normalized spacial score (nSPS) is 16.5. The van der Waals surface area contributed by atoms with Crippen molar-refractivity contribution in [3.05, 3.63) is 33.9 Å². The molecule has 0 aromatic heterocycles. The van der Waals surface area contributed by atoms with Gasteiger partial charge in [-0.1, -0.05) is 0 Å². The molecule has 0 saturated heterocycles. The summed E-state index contributed by atoms with van der Waals surface area (Å²) in [4.78, 5) is 11.1. The number of hydrogen-bond donors (Lipinski definition) is 0. The Morgan fingerprint density at radius 1 is 1.00 bits per heavy atom. The van der Waals surface area contributed by atoms with Gasteiger partial charge in [0.25, 0.3) is 0 Å². The van der Waals surface area contributed by atoms with Crippen LogP contribution in [0.1, 0.15) is 27.7 Å². The largest absolute Gasteiger partial charge is 0.466 e. The third kappa shape index (κ3) is 1.65. The fraction of sp³-hybridized carbons (Fsp3) is 0.417. The van der Waals surface area contributed by atoms with E-state index in [0.717, 1.165) is 5.57 Å². The van der Waals surface area contributed by atoms with Gasteiger partial charge < -0.3 is 4.74 Å². The molecule has 0 bridgehead atoms. The predicted octanol–water partition coefficient (Wildman–Crippen LogP) is 2.77. The molecule has 0 saturated carbocycles. The van der Waals surface area contributed by atoms with E-state index in [2.05, 4.69) is 18.6 Å². The third-order valence-corrected chi connectivity index (χ3v) is 2.96. The maximum atomic E-state index is 11.1. The summed E-state index contributed by atoms with van der Waals surface area (Å²) < 4.78 is 4.62. The smallest absolute Gasteiger partial charge is 0.331 e. The number of carbonyl (C=O) groups excluding carboxylic acids is 1. The molecule has 0 aromatic rings. The molecule has 0 heterocycles. The zero-order chi connectivity index (χ0) is 10.9. The molecule has 0 spiro atoms. The zero-order valence-corrected chi connectivity index (χ0v) is 9.39. The lowest BCUT2D eigenvalue weighted by molar-refractivity contribution is -0.134. The van der Waals surface area contributed by atoms with Crippen molar-refractivity contribution in [3.8, 4) is 0 Å². The van der Waals surface area contributed by atoms with Crippen LogP contribution in [0.3, 0.4) is 0 Å². The second-order valence-electron chi connectivity index (χ2n) is 3.58. The van der Waals surface area contributed by atoms with E-state index in [4.69, 9.17) is 0 Å². The lowest BCUT2D eigenvalue weighted by Crippen LogP contribution is -1.97. The van der Waals surface area contributed by atoms with E-state index in [1.165, 1.54) is 29.4 Å². The van der Waals surface area contributed by atoms with Crippen molar-refractivity contribution in [2.75, 3.05) is 7.11 Å². The zero-order valence-electron chi connectivity index (χ0n) is 9.39. The van der Waals surface area contributed by atoms with Gasteiger partial charge in [-0.15, -0.1) is 0 Å². The van der Waals surface area contributed by atoms with E-state index in [-0.39, 0.29) is 5.97 Å². The van der Waals surface area contributed by atoms with Crippen LogP contribution in [0, 0.1) is 0 Å². The van der Waals surface area contributed by atoms with E-state index in [1.54, 1.807) is 6.08 Å². The van der Waals surface area contributed by atoms with Crippen LogP contribution in [0.25, 0.3) is 0 Å². The number of allylic oxidation sites excluding steroid dienone is 5. The quantitative estimate of drug-likeness (QED) is 0.471. The number of rotatable bonds is 1. The fourth-order valence-corrected chi connectivity index (χ4v) is 1.64. The Bertz CT molecular complexity index is 342. The van der Waals surface area contributed by atoms with E-state index < -0.39 is 0 Å². The maximum Gasteiger partial charge on any atom is 0.331 e. The highest BCUT2D eigenvalue weighted by atomic mass is 16.5. The van der Waals surface area contributed by atoms with Gasteiger partial charge in [-0.2, -0.15) is 0 Å². The van der Waals surface area contributed by atoms with Crippen LogP contribution in [-0.4, -0.2) is 13.1 Å². The van der Waals surface area contributed by atoms with Crippen LogP contribution >= 0.6 is 0 Å². The van der Waals surface area contributed by atoms with Gasteiger partial charge in [-0.25, -0.2) is 4.79 Å². The van der Waals surface area contributed by atoms with Crippen LogP contribution in [0.4, 0.5) is 0 Å². The first-order valence-corrected chi connectivity index (χ1v) is 4.64. The first kappa shape index (κ1) is 10.8. The minimum Gasteiger partial charge on any atom is -0.466 e. The Morgan fingerprint density at radius 3 is 1.79 bits per heavy atom. The molecule has 0 aromatic carbocycles. The summed E-state index contributed by atoms with van der Waals surface area (Å²) in [6.07, 6.45) is 1.56. The molecular weight excluding hydrogens is 176 g/mol. The van der Waals surface area contributed by atoms with E-state index in [1.807, 2.05) is 13.8 Å². The van der Waals surface area contributed by atoms with Gasteiger partial charge in [0, 0.05) is 6.08 Å². The minimum absolute atomic E-state index is 0.291. The van der Waals surface area contributed by atoms with Gasteiger partial charge in [0.05, 0.1) is 7.11 Å². The average Bonchev–Trinajstić information content (AvgIpc) is 2.35. The molecule has 14 heavy (non-hydrogen) atoms. The van der Waals surface area contributed by atoms with Gasteiger partial charge in [0.1, 0.15) is 0 Å². The van der Waals surface area contributed by atoms with Gasteiger partial charge >= 0.3 is 5.97 Å². The molecule has 1 aliphatic carbocycles. The summed E-state index contributed by atoms with van der Waals surface area (Å²) in [7, 11) is 1.39. The summed E-state index contributed by atoms with van der Waals surface area (Å²) in [5, 5.41) is 0. The predicted molar refractivity (Wildman–Crippen MR) is 56.8 cm³/mol. The molecule has 1 aliphatic rings. The lowest BCUT2D eigenvalue weighted by Gasteiger charge is -2.02. The number of ether oxygens (including phenoxy) is 1. The molecule has 76 valence electrons. The SMILES string of the molecule is COC(=O)C=C1C(C)=C(C)C(C)=C1C. The van der Waals surface area contributed by atoms with Gasteiger partial charge in [-0.05, 0) is 55.6 Å². The molecule has 1 rings (SSSR count). The topological polar surface area (TPSA) is 26.3 Å². The van der Waals surface area contributed by atoms with Gasteiger partial charge in [0.15, 0.2) is 0 Å². The first-order chi connectivity index (χ1) is 6.49. The molecule has 0 unspecified atom stereocenters. The molecule has 2 heteroatoms. The summed E-state index contributed by atoms with van der Waals surface area (Å²) in [6, 6.07) is 0. The molecule has 0 amide bonds. The molecule has 0 N–H and O–H groups in total. The summed E-state index contributed by atoms with van der Waals surface area (Å²) in [6.45, 7) is 8.22. The first-order valence-electron chi connectivity index (χ1n) is 4.64. The summed E-state index contributed by atoms with van der Waals surface area (Å²) in [5.41, 5.74) is 5.87. The molecule has 0 aliphatic heterocycles. The Kier molecular flexibility index (Phi) is 2.94. The Balaban J connectivity index is 3.16. The number of carbonyl (C=O) groups is 1. The molecule has 0 radical (unpaired) electrons. The number of hydrogen-bond acceptors (Lipinski definition) is 2. The molecular formula is C12H16O2. The molecule has 0 atom stereocenters. The van der Waals surface area contributed by atoms with E-state index in [9.17, 15) is 4.79 Å². The lowest BCUT2D eigenvalue weighted by atomic mass is 10.0. The van der Waals surface area contributed by atoms with Crippen molar-refractivity contribution in [1.82, 2.24) is 0 Å². The van der Waals surface area contributed by atoms with Gasteiger partial charge in [-0.3, -0.25) is 0 Å². The third-order valence-electron chi connectivity index (χ3n) is 2.96. The van der Waals surface area contributed by atoms with Crippen molar-refractivity contribution in [2.45, 2.75) is 27.7 Å². The van der Waals surface area contributed by atoms with Crippen LogP contribution in [0.5, 0.6) is 0 Å². The fourth-order valence-electron chi connectivity index (χ4n) is 1.64. The highest BCUT2D eigenvalue weighted by Crippen LogP contribution is 2.35. The van der Waals surface area contributed by atoms with Crippen LogP contribution < -0.4 is 0 Å². The summed E-state index contributed by atoms with van der Waals surface area (Å²) >= 11 is 0. The van der Waals surface area contributed by atoms with E-state index >= 15 is 0 Å². The Hall–Kier alpha value is -1.31. The highest BCUT2D eigenvalue weighted by molar-refractivity contribution is 5.86. The van der Waals surface area contributed by atoms with Crippen molar-refractivity contribution < 1.29 is 9.53 Å². The standard InChI is InChI=1S/C12H16O2/c1-7-8(2)10(4)11(9(7)3)6-12(13)14-5/h6H,1-5H3. The second-order valence-corrected chi connectivity index (χ2v) is 3.58. The molecule has 0 fully saturated rings. The van der Waals surface area contributed by atoms with Crippen LogP contribution in [-0.2, 0) is 9.53 Å². The van der Waals surface area contributed by atoms with Crippen molar-refractivity contribution >= 4 is 5.97 Å². The Morgan fingerprint density at radius 2 is 1.43 bits per heavy atom. The van der Waals surface area contributed by atoms with Crippen molar-refractivity contribution in [1.29, 1.82) is 0 Å². The van der Waals surface area contributed by atoms with Crippen LogP contribution in [0.15, 0.2) is 33.9 Å². The van der Waals surface area contributed by atoms with Crippen molar-refractivity contribution in [2.24, 2.45) is 0 Å². The molecule has 2 nitrogen and oxygen atoms in total. The highest BCUT2D eigenvalue weighted by Gasteiger charge is 2.18. The second kappa shape index (κ2) is 3.82. The Labute approximate surface area is 85.0 Å². The van der Waals surface area contributed by atoms with Crippen molar-refractivity contribution in [3.63, 3.8) is 0 Å². The maximum absolute atomic E-state index is 11.1. The monoisotopic (exact) mass is 192 g/mol. The summed E-state index contributed by atoms with van der Waals surface area (Å²) in [5.74, 6) is -0.291. The average molecular weight is 192 g/mol. The van der Waals surface area contributed by atoms with Crippen LogP contribution in [0.2, 0.25) is 0 Å².